The second-order valence-electron chi connectivity index (χ2n) is 3.55. The van der Waals surface area contributed by atoms with Gasteiger partial charge in [0, 0.05) is 11.6 Å². The third-order valence-electron chi connectivity index (χ3n) is 2.39. The zero-order valence-corrected chi connectivity index (χ0v) is 10.4. The maximum Gasteiger partial charge on any atom is 0.272 e. The first-order valence-electron chi connectivity index (χ1n) is 4.88. The largest absolute Gasteiger partial charge is 0.272 e. The minimum absolute atomic E-state index is 0.235. The SMILES string of the molecule is O=[N+]([O-])c1ccc(-c2ccc(Cl)c(Cl)c2)c(F)c1. The van der Waals surface area contributed by atoms with E-state index < -0.39 is 10.7 Å². The van der Waals surface area contributed by atoms with E-state index in [4.69, 9.17) is 23.2 Å². The van der Waals surface area contributed by atoms with Gasteiger partial charge in [0.15, 0.2) is 0 Å². The third-order valence-corrected chi connectivity index (χ3v) is 3.13. The van der Waals surface area contributed by atoms with Crippen LogP contribution in [0.25, 0.3) is 11.1 Å². The van der Waals surface area contributed by atoms with Crippen molar-refractivity contribution >= 4 is 28.9 Å². The van der Waals surface area contributed by atoms with E-state index in [1.54, 1.807) is 12.1 Å². The summed E-state index contributed by atoms with van der Waals surface area (Å²) in [6.07, 6.45) is 0. The van der Waals surface area contributed by atoms with Gasteiger partial charge in [-0.1, -0.05) is 29.3 Å². The summed E-state index contributed by atoms with van der Waals surface area (Å²) in [7, 11) is 0. The molecule has 0 N–H and O–H groups in total. The molecule has 0 fully saturated rings. The molecule has 2 aromatic carbocycles. The van der Waals surface area contributed by atoms with Gasteiger partial charge >= 0.3 is 0 Å². The summed E-state index contributed by atoms with van der Waals surface area (Å²) in [4.78, 5) is 9.85. The summed E-state index contributed by atoms with van der Waals surface area (Å²) >= 11 is 11.6. The Kier molecular flexibility index (Phi) is 3.50. The van der Waals surface area contributed by atoms with Crippen LogP contribution >= 0.6 is 23.2 Å². The van der Waals surface area contributed by atoms with Crippen molar-refractivity contribution in [2.75, 3.05) is 0 Å². The van der Waals surface area contributed by atoms with E-state index in [-0.39, 0.29) is 11.3 Å². The second kappa shape index (κ2) is 4.92. The number of nitro benzene ring substituents is 1. The molecular weight excluding hydrogens is 280 g/mol. The average Bonchev–Trinajstić information content (AvgIpc) is 2.32. The number of nitrogens with zero attached hydrogens (tertiary/aromatic N) is 1. The molecule has 0 bridgehead atoms. The van der Waals surface area contributed by atoms with Gasteiger partial charge in [-0.2, -0.15) is 0 Å². The van der Waals surface area contributed by atoms with E-state index in [0.717, 1.165) is 6.07 Å². The first-order chi connectivity index (χ1) is 8.49. The van der Waals surface area contributed by atoms with Crippen molar-refractivity contribution < 1.29 is 9.31 Å². The fourth-order valence-corrected chi connectivity index (χ4v) is 1.81. The highest BCUT2D eigenvalue weighted by Gasteiger charge is 2.12. The maximum absolute atomic E-state index is 13.7. The molecule has 18 heavy (non-hydrogen) atoms. The van der Waals surface area contributed by atoms with Crippen LogP contribution in [0.3, 0.4) is 0 Å². The highest BCUT2D eigenvalue weighted by atomic mass is 35.5. The van der Waals surface area contributed by atoms with Crippen molar-refractivity contribution in [3.8, 4) is 11.1 Å². The van der Waals surface area contributed by atoms with E-state index >= 15 is 0 Å². The smallest absolute Gasteiger partial charge is 0.258 e. The second-order valence-corrected chi connectivity index (χ2v) is 4.36. The Hall–Kier alpha value is -1.65. The number of hydrogen-bond donors (Lipinski definition) is 0. The van der Waals surface area contributed by atoms with E-state index in [9.17, 15) is 14.5 Å². The van der Waals surface area contributed by atoms with Crippen molar-refractivity contribution in [1.29, 1.82) is 0 Å². The summed E-state index contributed by atoms with van der Waals surface area (Å²) in [5.41, 5.74) is 0.451. The topological polar surface area (TPSA) is 43.1 Å². The molecule has 3 nitrogen and oxygen atoms in total. The van der Waals surface area contributed by atoms with Gasteiger partial charge in [0.05, 0.1) is 21.0 Å². The molecule has 0 saturated heterocycles. The van der Waals surface area contributed by atoms with Crippen molar-refractivity contribution in [1.82, 2.24) is 0 Å². The lowest BCUT2D eigenvalue weighted by molar-refractivity contribution is -0.385. The Labute approximate surface area is 112 Å². The summed E-state index contributed by atoms with van der Waals surface area (Å²) in [6, 6.07) is 8.10. The molecule has 2 rings (SSSR count). The third kappa shape index (κ3) is 2.44. The highest BCUT2D eigenvalue weighted by molar-refractivity contribution is 6.42. The Bertz CT molecular complexity index is 631. The highest BCUT2D eigenvalue weighted by Crippen LogP contribution is 2.31. The van der Waals surface area contributed by atoms with E-state index in [0.29, 0.717) is 15.6 Å². The molecule has 0 aromatic heterocycles. The summed E-state index contributed by atoms with van der Waals surface area (Å²) in [6.45, 7) is 0. The fourth-order valence-electron chi connectivity index (χ4n) is 1.52. The van der Waals surface area contributed by atoms with Gasteiger partial charge in [0.2, 0.25) is 0 Å². The first-order valence-corrected chi connectivity index (χ1v) is 5.64. The molecule has 0 aliphatic rings. The van der Waals surface area contributed by atoms with Crippen LogP contribution in [-0.4, -0.2) is 4.92 Å². The molecule has 0 amide bonds. The van der Waals surface area contributed by atoms with Crippen molar-refractivity contribution in [3.05, 3.63) is 62.4 Å². The van der Waals surface area contributed by atoms with E-state index in [1.807, 2.05) is 0 Å². The molecular formula is C12H6Cl2FNO2. The van der Waals surface area contributed by atoms with Crippen molar-refractivity contribution in [2.45, 2.75) is 0 Å². The first kappa shape index (κ1) is 12.8. The Morgan fingerprint density at radius 3 is 2.33 bits per heavy atom. The number of nitro groups is 1. The number of hydrogen-bond acceptors (Lipinski definition) is 2. The zero-order chi connectivity index (χ0) is 13.3. The van der Waals surface area contributed by atoms with Gasteiger partial charge in [-0.15, -0.1) is 0 Å². The van der Waals surface area contributed by atoms with Crippen LogP contribution in [0.2, 0.25) is 10.0 Å². The van der Waals surface area contributed by atoms with Crippen LogP contribution in [0.5, 0.6) is 0 Å². The van der Waals surface area contributed by atoms with Gasteiger partial charge in [-0.3, -0.25) is 10.1 Å². The van der Waals surface area contributed by atoms with Gasteiger partial charge in [0.25, 0.3) is 5.69 Å². The molecule has 2 aromatic rings. The molecule has 0 spiro atoms. The molecule has 92 valence electrons. The number of rotatable bonds is 2. The lowest BCUT2D eigenvalue weighted by Crippen LogP contribution is -1.91. The Balaban J connectivity index is 2.51. The van der Waals surface area contributed by atoms with Gasteiger partial charge in [0.1, 0.15) is 5.82 Å². The summed E-state index contributed by atoms with van der Waals surface area (Å²) in [5, 5.41) is 11.2. The van der Waals surface area contributed by atoms with Gasteiger partial charge in [-0.25, -0.2) is 4.39 Å². The number of non-ortho nitro benzene ring substituents is 1. The predicted molar refractivity (Wildman–Crippen MR) is 68.5 cm³/mol. The molecule has 0 unspecified atom stereocenters. The standard InChI is InChI=1S/C12H6Cl2FNO2/c13-10-4-1-7(5-11(10)14)9-3-2-8(16(17)18)6-12(9)15/h1-6H. The summed E-state index contributed by atoms with van der Waals surface area (Å²) in [5.74, 6) is -0.678. The molecule has 0 aliphatic carbocycles. The molecule has 0 heterocycles. The number of halogens is 3. The Morgan fingerprint density at radius 1 is 1.06 bits per heavy atom. The Morgan fingerprint density at radius 2 is 1.78 bits per heavy atom. The van der Waals surface area contributed by atoms with Crippen LogP contribution in [0, 0.1) is 15.9 Å². The van der Waals surface area contributed by atoms with Crippen molar-refractivity contribution in [2.24, 2.45) is 0 Å². The summed E-state index contributed by atoms with van der Waals surface area (Å²) < 4.78 is 13.7. The van der Waals surface area contributed by atoms with Crippen molar-refractivity contribution in [3.63, 3.8) is 0 Å². The quantitative estimate of drug-likeness (QED) is 0.592. The van der Waals surface area contributed by atoms with Crippen LogP contribution in [-0.2, 0) is 0 Å². The molecule has 0 aliphatic heterocycles. The molecule has 0 atom stereocenters. The minimum atomic E-state index is -0.678. The normalized spacial score (nSPS) is 10.4. The maximum atomic E-state index is 13.7. The monoisotopic (exact) mass is 285 g/mol. The van der Waals surface area contributed by atoms with E-state index in [1.165, 1.54) is 18.2 Å². The predicted octanol–water partition coefficient (Wildman–Crippen LogP) is 4.71. The lowest BCUT2D eigenvalue weighted by Gasteiger charge is -2.05. The molecule has 0 radical (unpaired) electrons. The van der Waals surface area contributed by atoms with Crippen LogP contribution in [0.15, 0.2) is 36.4 Å². The molecule has 6 heteroatoms. The lowest BCUT2D eigenvalue weighted by atomic mass is 10.0. The van der Waals surface area contributed by atoms with Crippen LogP contribution in [0.4, 0.5) is 10.1 Å². The minimum Gasteiger partial charge on any atom is -0.258 e. The fraction of sp³-hybridized carbons (Fsp3) is 0. The van der Waals surface area contributed by atoms with E-state index in [2.05, 4.69) is 0 Å². The van der Waals surface area contributed by atoms with Crippen LogP contribution in [0.1, 0.15) is 0 Å². The number of benzene rings is 2. The van der Waals surface area contributed by atoms with Gasteiger partial charge < -0.3 is 0 Å². The average molecular weight is 286 g/mol. The van der Waals surface area contributed by atoms with Gasteiger partial charge in [-0.05, 0) is 23.8 Å². The zero-order valence-electron chi connectivity index (χ0n) is 8.86. The molecule has 0 saturated carbocycles. The van der Waals surface area contributed by atoms with Crippen LogP contribution < -0.4 is 0 Å².